The van der Waals surface area contributed by atoms with E-state index in [1.54, 1.807) is 0 Å². The van der Waals surface area contributed by atoms with Crippen LogP contribution in [0.2, 0.25) is 0 Å². The first kappa shape index (κ1) is 13.5. The summed E-state index contributed by atoms with van der Waals surface area (Å²) in [6.45, 7) is 0.769. The van der Waals surface area contributed by atoms with Gasteiger partial charge in [-0.1, -0.05) is 24.3 Å². The third-order valence-corrected chi connectivity index (χ3v) is 3.69. The van der Waals surface area contributed by atoms with Gasteiger partial charge in [0.2, 0.25) is 5.95 Å². The van der Waals surface area contributed by atoms with Crippen molar-refractivity contribution in [1.82, 2.24) is 9.55 Å². The Morgan fingerprint density at radius 3 is 2.43 bits per heavy atom. The van der Waals surface area contributed by atoms with Gasteiger partial charge in [0.15, 0.2) is 0 Å². The molecule has 4 heteroatoms. The molecule has 0 saturated carbocycles. The largest absolute Gasteiger partial charge is 0.378 e. The van der Waals surface area contributed by atoms with Crippen LogP contribution in [0.25, 0.3) is 11.0 Å². The van der Waals surface area contributed by atoms with E-state index in [4.69, 9.17) is 0 Å². The molecule has 0 unspecified atom stereocenters. The van der Waals surface area contributed by atoms with E-state index >= 15 is 0 Å². The quantitative estimate of drug-likeness (QED) is 0.796. The maximum absolute atomic E-state index is 4.62. The van der Waals surface area contributed by atoms with Crippen molar-refractivity contribution in [1.29, 1.82) is 0 Å². The van der Waals surface area contributed by atoms with E-state index in [0.717, 1.165) is 23.5 Å². The number of aromatic nitrogens is 2. The SMILES string of the molecule is CN(C)c1ccc(CNc2nc3ccccc3n2C)cc1. The molecular formula is C17H20N4. The number of hydrogen-bond acceptors (Lipinski definition) is 3. The zero-order valence-electron chi connectivity index (χ0n) is 12.7. The third kappa shape index (κ3) is 2.70. The minimum absolute atomic E-state index is 0.769. The van der Waals surface area contributed by atoms with Crippen LogP contribution in [0.15, 0.2) is 48.5 Å². The highest BCUT2D eigenvalue weighted by Gasteiger charge is 2.06. The van der Waals surface area contributed by atoms with Crippen LogP contribution in [-0.2, 0) is 13.6 Å². The van der Waals surface area contributed by atoms with E-state index in [2.05, 4.69) is 50.1 Å². The van der Waals surface area contributed by atoms with Crippen LogP contribution in [0.4, 0.5) is 11.6 Å². The highest BCUT2D eigenvalue weighted by molar-refractivity contribution is 5.78. The van der Waals surface area contributed by atoms with E-state index in [1.165, 1.54) is 11.3 Å². The summed E-state index contributed by atoms with van der Waals surface area (Å²) in [5.41, 5.74) is 4.61. The molecule has 1 heterocycles. The van der Waals surface area contributed by atoms with Crippen molar-refractivity contribution in [2.24, 2.45) is 7.05 Å². The van der Waals surface area contributed by atoms with Crippen LogP contribution < -0.4 is 10.2 Å². The predicted molar refractivity (Wildman–Crippen MR) is 88.8 cm³/mol. The fourth-order valence-corrected chi connectivity index (χ4v) is 2.40. The molecule has 3 aromatic rings. The summed E-state index contributed by atoms with van der Waals surface area (Å²) in [6, 6.07) is 16.7. The summed E-state index contributed by atoms with van der Waals surface area (Å²) < 4.78 is 2.09. The van der Waals surface area contributed by atoms with Gasteiger partial charge in [-0.15, -0.1) is 0 Å². The van der Waals surface area contributed by atoms with Crippen molar-refractivity contribution in [2.75, 3.05) is 24.3 Å². The minimum Gasteiger partial charge on any atom is -0.378 e. The molecule has 108 valence electrons. The van der Waals surface area contributed by atoms with Crippen LogP contribution in [0.1, 0.15) is 5.56 Å². The summed E-state index contributed by atoms with van der Waals surface area (Å²) in [6.07, 6.45) is 0. The van der Waals surface area contributed by atoms with Gasteiger partial charge in [0.25, 0.3) is 0 Å². The van der Waals surface area contributed by atoms with Gasteiger partial charge in [-0.2, -0.15) is 0 Å². The average Bonchev–Trinajstić information content (AvgIpc) is 2.82. The number of fused-ring (bicyclic) bond motifs is 1. The smallest absolute Gasteiger partial charge is 0.203 e. The van der Waals surface area contributed by atoms with E-state index in [-0.39, 0.29) is 0 Å². The third-order valence-electron chi connectivity index (χ3n) is 3.69. The Kier molecular flexibility index (Phi) is 3.52. The molecule has 1 aromatic heterocycles. The van der Waals surface area contributed by atoms with E-state index in [1.807, 2.05) is 39.3 Å². The number of nitrogens with zero attached hydrogens (tertiary/aromatic N) is 3. The van der Waals surface area contributed by atoms with E-state index in [0.29, 0.717) is 0 Å². The zero-order chi connectivity index (χ0) is 14.8. The molecule has 0 aliphatic carbocycles. The Hall–Kier alpha value is -2.49. The number of aryl methyl sites for hydroxylation is 1. The van der Waals surface area contributed by atoms with Gasteiger partial charge in [-0.25, -0.2) is 4.98 Å². The molecule has 0 aliphatic heterocycles. The van der Waals surface area contributed by atoms with Crippen LogP contribution in [0.5, 0.6) is 0 Å². The van der Waals surface area contributed by atoms with Gasteiger partial charge in [0.05, 0.1) is 11.0 Å². The normalized spacial score (nSPS) is 10.8. The number of benzene rings is 2. The Morgan fingerprint density at radius 1 is 1.05 bits per heavy atom. The molecule has 0 fully saturated rings. The highest BCUT2D eigenvalue weighted by atomic mass is 15.2. The standard InChI is InChI=1S/C17H20N4/c1-20(2)14-10-8-13(9-11-14)12-18-17-19-15-6-4-5-7-16(15)21(17)3/h4-11H,12H2,1-3H3,(H,18,19). The Morgan fingerprint density at radius 2 is 1.76 bits per heavy atom. The molecule has 0 bridgehead atoms. The summed E-state index contributed by atoms with van der Waals surface area (Å²) in [5.74, 6) is 0.896. The monoisotopic (exact) mass is 280 g/mol. The summed E-state index contributed by atoms with van der Waals surface area (Å²) in [7, 11) is 6.13. The second kappa shape index (κ2) is 5.48. The van der Waals surface area contributed by atoms with Gasteiger partial charge in [-0.05, 0) is 29.8 Å². The summed E-state index contributed by atoms with van der Waals surface area (Å²) in [4.78, 5) is 6.72. The van der Waals surface area contributed by atoms with Gasteiger partial charge in [0, 0.05) is 33.4 Å². The molecule has 0 amide bonds. The maximum atomic E-state index is 4.62. The number of rotatable bonds is 4. The Bertz CT molecular complexity index is 741. The van der Waals surface area contributed by atoms with Crippen molar-refractivity contribution in [2.45, 2.75) is 6.54 Å². The van der Waals surface area contributed by atoms with Crippen LogP contribution in [-0.4, -0.2) is 23.6 Å². The Labute approximate surface area is 125 Å². The molecule has 0 aliphatic rings. The van der Waals surface area contributed by atoms with E-state index in [9.17, 15) is 0 Å². The van der Waals surface area contributed by atoms with Crippen molar-refractivity contribution in [3.8, 4) is 0 Å². The number of anilines is 2. The number of imidazole rings is 1. The first-order valence-corrected chi connectivity index (χ1v) is 7.07. The topological polar surface area (TPSA) is 33.1 Å². The van der Waals surface area contributed by atoms with Crippen LogP contribution in [0.3, 0.4) is 0 Å². The summed E-state index contributed by atoms with van der Waals surface area (Å²) >= 11 is 0. The van der Waals surface area contributed by atoms with Crippen molar-refractivity contribution in [3.05, 3.63) is 54.1 Å². The van der Waals surface area contributed by atoms with Crippen molar-refractivity contribution < 1.29 is 0 Å². The van der Waals surface area contributed by atoms with Gasteiger partial charge < -0.3 is 14.8 Å². The molecule has 0 saturated heterocycles. The number of hydrogen-bond donors (Lipinski definition) is 1. The fourth-order valence-electron chi connectivity index (χ4n) is 2.40. The molecule has 0 radical (unpaired) electrons. The average molecular weight is 280 g/mol. The van der Waals surface area contributed by atoms with Gasteiger partial charge in [-0.3, -0.25) is 0 Å². The lowest BCUT2D eigenvalue weighted by atomic mass is 10.2. The Balaban J connectivity index is 1.75. The second-order valence-corrected chi connectivity index (χ2v) is 5.40. The van der Waals surface area contributed by atoms with Crippen LogP contribution in [0, 0.1) is 0 Å². The molecule has 4 nitrogen and oxygen atoms in total. The van der Waals surface area contributed by atoms with Gasteiger partial charge in [0.1, 0.15) is 0 Å². The number of para-hydroxylation sites is 2. The zero-order valence-corrected chi connectivity index (χ0v) is 12.7. The fraction of sp³-hybridized carbons (Fsp3) is 0.235. The second-order valence-electron chi connectivity index (χ2n) is 5.40. The molecular weight excluding hydrogens is 260 g/mol. The first-order valence-electron chi connectivity index (χ1n) is 7.07. The first-order chi connectivity index (χ1) is 10.1. The van der Waals surface area contributed by atoms with Crippen LogP contribution >= 0.6 is 0 Å². The summed E-state index contributed by atoms with van der Waals surface area (Å²) in [5, 5.41) is 3.41. The number of nitrogens with one attached hydrogen (secondary N) is 1. The maximum Gasteiger partial charge on any atom is 0.203 e. The lowest BCUT2D eigenvalue weighted by molar-refractivity contribution is 0.927. The van der Waals surface area contributed by atoms with Crippen molar-refractivity contribution in [3.63, 3.8) is 0 Å². The highest BCUT2D eigenvalue weighted by Crippen LogP contribution is 2.18. The molecule has 1 N–H and O–H groups in total. The van der Waals surface area contributed by atoms with Crippen molar-refractivity contribution >= 4 is 22.7 Å². The lowest BCUT2D eigenvalue weighted by Gasteiger charge is -2.13. The lowest BCUT2D eigenvalue weighted by Crippen LogP contribution is -2.09. The molecule has 0 spiro atoms. The molecule has 0 atom stereocenters. The minimum atomic E-state index is 0.769. The molecule has 3 rings (SSSR count). The van der Waals surface area contributed by atoms with Gasteiger partial charge >= 0.3 is 0 Å². The predicted octanol–water partition coefficient (Wildman–Crippen LogP) is 3.25. The van der Waals surface area contributed by atoms with E-state index < -0.39 is 0 Å². The molecule has 2 aromatic carbocycles. The molecule has 21 heavy (non-hydrogen) atoms.